The number of nitro benzene ring substituents is 1. The van der Waals surface area contributed by atoms with E-state index in [9.17, 15) is 10.1 Å². The Labute approximate surface area is 186 Å². The molecule has 7 nitrogen and oxygen atoms in total. The Morgan fingerprint density at radius 2 is 2.04 bits per heavy atom. The van der Waals surface area contributed by atoms with Gasteiger partial charge in [-0.2, -0.15) is 0 Å². The number of aliphatic imine (C=N–C) groups is 1. The highest BCUT2D eigenvalue weighted by atomic mass is 127. The molecule has 0 spiro atoms. The molecule has 0 radical (unpaired) electrons. The van der Waals surface area contributed by atoms with Gasteiger partial charge in [0.1, 0.15) is 0 Å². The third-order valence-electron chi connectivity index (χ3n) is 4.50. The van der Waals surface area contributed by atoms with Gasteiger partial charge in [-0.05, 0) is 23.9 Å². The van der Waals surface area contributed by atoms with Crippen LogP contribution in [0.25, 0.3) is 0 Å². The monoisotopic (exact) mass is 515 g/mol. The zero-order valence-corrected chi connectivity index (χ0v) is 19.1. The van der Waals surface area contributed by atoms with E-state index < -0.39 is 0 Å². The van der Waals surface area contributed by atoms with E-state index in [2.05, 4.69) is 39.6 Å². The van der Waals surface area contributed by atoms with Crippen molar-refractivity contribution in [1.82, 2.24) is 15.1 Å². The van der Waals surface area contributed by atoms with E-state index in [4.69, 9.17) is 4.99 Å². The number of nitro groups is 1. The molecule has 2 heterocycles. The normalized spacial score (nSPS) is 15.2. The highest BCUT2D eigenvalue weighted by Crippen LogP contribution is 2.15. The third kappa shape index (κ3) is 6.42. The van der Waals surface area contributed by atoms with Crippen molar-refractivity contribution in [3.8, 4) is 0 Å². The summed E-state index contributed by atoms with van der Waals surface area (Å²) in [7, 11) is 0. The molecule has 1 fully saturated rings. The summed E-state index contributed by atoms with van der Waals surface area (Å²) in [6.07, 6.45) is 0. The van der Waals surface area contributed by atoms with Crippen LogP contribution in [0.2, 0.25) is 0 Å². The number of non-ortho nitro benzene ring substituents is 1. The van der Waals surface area contributed by atoms with Crippen LogP contribution in [0.4, 0.5) is 5.69 Å². The average Bonchev–Trinajstić information content (AvgIpc) is 3.19. The van der Waals surface area contributed by atoms with Crippen molar-refractivity contribution in [1.29, 1.82) is 0 Å². The van der Waals surface area contributed by atoms with Crippen LogP contribution >= 0.6 is 35.3 Å². The van der Waals surface area contributed by atoms with Crippen LogP contribution in [0, 0.1) is 10.1 Å². The van der Waals surface area contributed by atoms with Crippen LogP contribution in [-0.2, 0) is 13.1 Å². The van der Waals surface area contributed by atoms with Crippen LogP contribution in [0.15, 0.2) is 46.8 Å². The smallest absolute Gasteiger partial charge is 0.269 e. The Morgan fingerprint density at radius 3 is 2.68 bits per heavy atom. The van der Waals surface area contributed by atoms with Crippen molar-refractivity contribution in [2.24, 2.45) is 4.99 Å². The van der Waals surface area contributed by atoms with E-state index in [1.54, 1.807) is 23.5 Å². The summed E-state index contributed by atoms with van der Waals surface area (Å²) in [6.45, 7) is 8.13. The second-order valence-electron chi connectivity index (χ2n) is 6.44. The lowest BCUT2D eigenvalue weighted by molar-refractivity contribution is -0.384. The Balaban J connectivity index is 0.00000280. The topological polar surface area (TPSA) is 74.0 Å². The summed E-state index contributed by atoms with van der Waals surface area (Å²) in [5.74, 6) is 0.875. The number of piperazine rings is 1. The fourth-order valence-corrected chi connectivity index (χ4v) is 3.85. The highest BCUT2D eigenvalue weighted by Gasteiger charge is 2.20. The lowest BCUT2D eigenvalue weighted by atomic mass is 10.2. The summed E-state index contributed by atoms with van der Waals surface area (Å²) >= 11 is 1.80. The number of nitrogens with one attached hydrogen (secondary N) is 1. The Kier molecular flexibility index (Phi) is 9.13. The van der Waals surface area contributed by atoms with Gasteiger partial charge in [0, 0.05) is 56.3 Å². The number of guanidine groups is 1. The molecule has 0 aliphatic carbocycles. The lowest BCUT2D eigenvalue weighted by Gasteiger charge is -2.36. The van der Waals surface area contributed by atoms with E-state index in [-0.39, 0.29) is 34.6 Å². The van der Waals surface area contributed by atoms with E-state index in [1.165, 1.54) is 10.9 Å². The first-order chi connectivity index (χ1) is 13.2. The molecular weight excluding hydrogens is 489 g/mol. The molecule has 0 bridgehead atoms. The molecule has 0 saturated carbocycles. The third-order valence-corrected chi connectivity index (χ3v) is 5.36. The molecule has 2 aromatic rings. The zero-order valence-electron chi connectivity index (χ0n) is 15.9. The van der Waals surface area contributed by atoms with Gasteiger partial charge in [0.2, 0.25) is 0 Å². The molecule has 1 aromatic carbocycles. The maximum Gasteiger partial charge on any atom is 0.269 e. The van der Waals surface area contributed by atoms with Gasteiger partial charge in [0.05, 0.1) is 11.5 Å². The number of nitrogens with zero attached hydrogens (tertiary/aromatic N) is 4. The SMILES string of the molecule is CCNC(=NCc1cccc([N+](=O)[O-])c1)N1CCN(Cc2cccs2)CC1.I. The zero-order chi connectivity index (χ0) is 19.1. The van der Waals surface area contributed by atoms with E-state index >= 15 is 0 Å². The largest absolute Gasteiger partial charge is 0.357 e. The molecule has 1 aliphatic rings. The molecule has 1 aromatic heterocycles. The molecule has 1 aliphatic heterocycles. The number of halogens is 1. The molecule has 9 heteroatoms. The number of benzene rings is 1. The number of hydrogen-bond acceptors (Lipinski definition) is 5. The first-order valence-electron chi connectivity index (χ1n) is 9.17. The summed E-state index contributed by atoms with van der Waals surface area (Å²) in [5, 5.41) is 16.4. The van der Waals surface area contributed by atoms with Crippen molar-refractivity contribution in [3.05, 3.63) is 62.3 Å². The lowest BCUT2D eigenvalue weighted by Crippen LogP contribution is -2.52. The standard InChI is InChI=1S/C19H25N5O2S.HI/c1-2-20-19(21-14-16-5-3-6-17(13-16)24(25)26)23-10-8-22(9-11-23)15-18-7-4-12-27-18;/h3-7,12-13H,2,8-11,14-15H2,1H3,(H,20,21);1H. The Bertz CT molecular complexity index is 776. The maximum atomic E-state index is 10.9. The predicted molar refractivity (Wildman–Crippen MR) is 124 cm³/mol. The number of rotatable bonds is 6. The van der Waals surface area contributed by atoms with E-state index in [1.807, 2.05) is 6.07 Å². The first-order valence-corrected chi connectivity index (χ1v) is 10.0. The van der Waals surface area contributed by atoms with Gasteiger partial charge in [0.25, 0.3) is 5.69 Å². The van der Waals surface area contributed by atoms with Gasteiger partial charge in [-0.15, -0.1) is 35.3 Å². The van der Waals surface area contributed by atoms with Crippen molar-refractivity contribution in [2.75, 3.05) is 32.7 Å². The van der Waals surface area contributed by atoms with Crippen LogP contribution in [0.3, 0.4) is 0 Å². The first kappa shape index (κ1) is 22.6. The van der Waals surface area contributed by atoms with Gasteiger partial charge in [-0.1, -0.05) is 18.2 Å². The van der Waals surface area contributed by atoms with Crippen LogP contribution in [0.5, 0.6) is 0 Å². The quantitative estimate of drug-likeness (QED) is 0.210. The summed E-state index contributed by atoms with van der Waals surface area (Å²) < 4.78 is 0. The molecule has 0 atom stereocenters. The minimum atomic E-state index is -0.370. The van der Waals surface area contributed by atoms with Crippen molar-refractivity contribution in [2.45, 2.75) is 20.0 Å². The van der Waals surface area contributed by atoms with Crippen molar-refractivity contribution in [3.63, 3.8) is 0 Å². The molecular formula is C19H26IN5O2S. The fraction of sp³-hybridized carbons (Fsp3) is 0.421. The minimum Gasteiger partial charge on any atom is -0.357 e. The number of thiophene rings is 1. The molecule has 28 heavy (non-hydrogen) atoms. The Morgan fingerprint density at radius 1 is 1.25 bits per heavy atom. The predicted octanol–water partition coefficient (Wildman–Crippen LogP) is 3.56. The average molecular weight is 515 g/mol. The second-order valence-corrected chi connectivity index (χ2v) is 7.47. The van der Waals surface area contributed by atoms with Crippen molar-refractivity contribution >= 4 is 47.0 Å². The van der Waals surface area contributed by atoms with Crippen LogP contribution in [0.1, 0.15) is 17.4 Å². The van der Waals surface area contributed by atoms with E-state index in [0.717, 1.165) is 50.8 Å². The molecule has 0 amide bonds. The molecule has 1 saturated heterocycles. The van der Waals surface area contributed by atoms with Gasteiger partial charge >= 0.3 is 0 Å². The molecule has 3 rings (SSSR count). The second kappa shape index (κ2) is 11.3. The maximum absolute atomic E-state index is 10.9. The highest BCUT2D eigenvalue weighted by molar-refractivity contribution is 14.0. The summed E-state index contributed by atoms with van der Waals surface area (Å²) in [5.41, 5.74) is 0.950. The fourth-order valence-electron chi connectivity index (χ4n) is 3.10. The molecule has 152 valence electrons. The van der Waals surface area contributed by atoms with Crippen molar-refractivity contribution < 1.29 is 4.92 Å². The molecule has 0 unspecified atom stereocenters. The van der Waals surface area contributed by atoms with Crippen LogP contribution < -0.4 is 5.32 Å². The Hall–Kier alpha value is -1.72. The molecule has 1 N–H and O–H groups in total. The van der Waals surface area contributed by atoms with Crippen LogP contribution in [-0.4, -0.2) is 53.4 Å². The van der Waals surface area contributed by atoms with Gasteiger partial charge in [-0.3, -0.25) is 15.0 Å². The van der Waals surface area contributed by atoms with Gasteiger partial charge in [-0.25, -0.2) is 4.99 Å². The number of hydrogen-bond donors (Lipinski definition) is 1. The van der Waals surface area contributed by atoms with Gasteiger partial charge in [0.15, 0.2) is 5.96 Å². The van der Waals surface area contributed by atoms with E-state index in [0.29, 0.717) is 6.54 Å². The summed E-state index contributed by atoms with van der Waals surface area (Å²) in [6, 6.07) is 11.0. The minimum absolute atomic E-state index is 0. The summed E-state index contributed by atoms with van der Waals surface area (Å²) in [4.78, 5) is 21.4. The van der Waals surface area contributed by atoms with Gasteiger partial charge < -0.3 is 10.2 Å².